The number of sulfonamides is 1. The van der Waals surface area contributed by atoms with Crippen LogP contribution in [0.5, 0.6) is 0 Å². The van der Waals surface area contributed by atoms with Crippen LogP contribution < -0.4 is 0 Å². The lowest BCUT2D eigenvalue weighted by Crippen LogP contribution is -2.44. The molecular weight excluding hydrogens is 404 g/mol. The molecule has 2 aliphatic heterocycles. The maximum absolute atomic E-state index is 12.9. The molecule has 1 amide bonds. The van der Waals surface area contributed by atoms with Crippen LogP contribution in [0.3, 0.4) is 0 Å². The van der Waals surface area contributed by atoms with E-state index < -0.39 is 16.0 Å². The third kappa shape index (κ3) is 5.21. The summed E-state index contributed by atoms with van der Waals surface area (Å²) >= 11 is 0. The number of rotatable bonds is 5. The van der Waals surface area contributed by atoms with Crippen LogP contribution in [0.4, 0.5) is 0 Å². The highest BCUT2D eigenvalue weighted by Gasteiger charge is 2.28. The van der Waals surface area contributed by atoms with Gasteiger partial charge in [-0.05, 0) is 55.7 Å². The number of carbonyl (C=O) groups excluding carboxylic acids is 2. The minimum atomic E-state index is -3.65. The fourth-order valence-corrected chi connectivity index (χ4v) is 5.94. The van der Waals surface area contributed by atoms with Gasteiger partial charge in [-0.3, -0.25) is 4.79 Å². The molecule has 0 spiro atoms. The number of likely N-dealkylation sites (tertiary alicyclic amines) is 1. The van der Waals surface area contributed by atoms with Crippen molar-refractivity contribution in [3.63, 3.8) is 0 Å². The first-order valence-corrected chi connectivity index (χ1v) is 12.2. The van der Waals surface area contributed by atoms with Crippen LogP contribution in [0.15, 0.2) is 23.1 Å². The van der Waals surface area contributed by atoms with Gasteiger partial charge in [-0.25, -0.2) is 13.2 Å². The molecule has 30 heavy (non-hydrogen) atoms. The van der Waals surface area contributed by atoms with Crippen LogP contribution >= 0.6 is 0 Å². The summed E-state index contributed by atoms with van der Waals surface area (Å²) < 4.78 is 32.6. The smallest absolute Gasteiger partial charge is 0.338 e. The minimum Gasteiger partial charge on any atom is -0.452 e. The number of amides is 1. The normalized spacial score (nSPS) is 23.2. The summed E-state index contributed by atoms with van der Waals surface area (Å²) in [6.07, 6.45) is 3.80. The molecule has 2 fully saturated rings. The zero-order valence-corrected chi connectivity index (χ0v) is 18.9. The highest BCUT2D eigenvalue weighted by atomic mass is 32.2. The molecule has 0 radical (unpaired) electrons. The van der Waals surface area contributed by atoms with Gasteiger partial charge in [0.2, 0.25) is 10.0 Å². The van der Waals surface area contributed by atoms with E-state index in [1.807, 2.05) is 0 Å². The summed E-state index contributed by atoms with van der Waals surface area (Å²) in [7, 11) is -3.65. The molecule has 0 bridgehead atoms. The first-order chi connectivity index (χ1) is 14.2. The van der Waals surface area contributed by atoms with E-state index >= 15 is 0 Å². The van der Waals surface area contributed by atoms with E-state index in [1.54, 1.807) is 17.9 Å². The molecule has 2 saturated heterocycles. The summed E-state index contributed by atoms with van der Waals surface area (Å²) in [6.45, 7) is 7.95. The summed E-state index contributed by atoms with van der Waals surface area (Å²) in [6, 6.07) is 4.51. The van der Waals surface area contributed by atoms with Crippen LogP contribution in [0.25, 0.3) is 0 Å². The first kappa shape index (κ1) is 22.7. The Morgan fingerprint density at radius 3 is 2.33 bits per heavy atom. The number of aryl methyl sites for hydroxylation is 1. The van der Waals surface area contributed by atoms with Crippen molar-refractivity contribution < 1.29 is 22.7 Å². The highest BCUT2D eigenvalue weighted by Crippen LogP contribution is 2.24. The van der Waals surface area contributed by atoms with Gasteiger partial charge in [0, 0.05) is 26.2 Å². The van der Waals surface area contributed by atoms with Gasteiger partial charge in [0.15, 0.2) is 6.61 Å². The van der Waals surface area contributed by atoms with Crippen molar-refractivity contribution in [3.8, 4) is 0 Å². The number of carbonyl (C=O) groups is 2. The Kier molecular flexibility index (Phi) is 7.18. The Hall–Kier alpha value is -1.93. The predicted octanol–water partition coefficient (Wildman–Crippen LogP) is 2.83. The summed E-state index contributed by atoms with van der Waals surface area (Å²) in [5, 5.41) is 0. The summed E-state index contributed by atoms with van der Waals surface area (Å²) in [5.74, 6) is -0.0363. The number of hydrogen-bond acceptors (Lipinski definition) is 5. The second-order valence-electron chi connectivity index (χ2n) is 8.76. The standard InChI is InChI=1S/C22H32N2O5S/c1-16-11-17(2)14-23(13-16)21(25)15-29-22(26)20-12-19(8-7-18(20)3)30(27,28)24-9-5-4-6-10-24/h7-8,12,16-17H,4-6,9-11,13-15H2,1-3H3. The van der Waals surface area contributed by atoms with E-state index in [2.05, 4.69) is 13.8 Å². The average Bonchev–Trinajstić information content (AvgIpc) is 2.71. The van der Waals surface area contributed by atoms with Gasteiger partial charge in [0.1, 0.15) is 0 Å². The van der Waals surface area contributed by atoms with Gasteiger partial charge in [0.05, 0.1) is 10.5 Å². The molecule has 3 rings (SSSR count). The maximum Gasteiger partial charge on any atom is 0.338 e. The van der Waals surface area contributed by atoms with Crippen molar-refractivity contribution in [2.24, 2.45) is 11.8 Å². The number of nitrogens with zero attached hydrogens (tertiary/aromatic N) is 2. The molecule has 0 aromatic heterocycles. The average molecular weight is 437 g/mol. The number of piperidine rings is 2. The quantitative estimate of drug-likeness (QED) is 0.663. The van der Waals surface area contributed by atoms with E-state index in [-0.39, 0.29) is 23.0 Å². The topological polar surface area (TPSA) is 84.0 Å². The van der Waals surface area contributed by atoms with Crippen LogP contribution in [-0.4, -0.2) is 62.3 Å². The first-order valence-electron chi connectivity index (χ1n) is 10.7. The Morgan fingerprint density at radius 2 is 1.70 bits per heavy atom. The van der Waals surface area contributed by atoms with Gasteiger partial charge in [-0.15, -0.1) is 0 Å². The van der Waals surface area contributed by atoms with Crippen molar-refractivity contribution in [3.05, 3.63) is 29.3 Å². The van der Waals surface area contributed by atoms with Crippen molar-refractivity contribution in [2.45, 2.75) is 51.3 Å². The van der Waals surface area contributed by atoms with Gasteiger partial charge >= 0.3 is 5.97 Å². The zero-order valence-electron chi connectivity index (χ0n) is 18.1. The maximum atomic E-state index is 12.9. The van der Waals surface area contributed by atoms with E-state index in [0.29, 0.717) is 43.6 Å². The molecule has 1 aromatic carbocycles. The third-order valence-electron chi connectivity index (χ3n) is 5.93. The van der Waals surface area contributed by atoms with Crippen LogP contribution in [0.2, 0.25) is 0 Å². The number of esters is 1. The second-order valence-corrected chi connectivity index (χ2v) is 10.7. The largest absolute Gasteiger partial charge is 0.452 e. The molecule has 7 nitrogen and oxygen atoms in total. The predicted molar refractivity (Wildman–Crippen MR) is 114 cm³/mol. The Labute approximate surface area is 179 Å². The minimum absolute atomic E-state index is 0.0898. The Bertz CT molecular complexity index is 883. The fourth-order valence-electron chi connectivity index (χ4n) is 4.40. The Balaban J connectivity index is 1.68. The van der Waals surface area contributed by atoms with Gasteiger partial charge in [-0.1, -0.05) is 26.3 Å². The molecule has 2 aliphatic rings. The second kappa shape index (κ2) is 9.47. The summed E-state index contributed by atoms with van der Waals surface area (Å²) in [4.78, 5) is 27.0. The number of hydrogen-bond donors (Lipinski definition) is 0. The lowest BCUT2D eigenvalue weighted by Gasteiger charge is -2.34. The van der Waals surface area contributed by atoms with Crippen molar-refractivity contribution in [2.75, 3.05) is 32.8 Å². The van der Waals surface area contributed by atoms with E-state index in [9.17, 15) is 18.0 Å². The van der Waals surface area contributed by atoms with Crippen LogP contribution in [0, 0.1) is 18.8 Å². The van der Waals surface area contributed by atoms with Gasteiger partial charge in [-0.2, -0.15) is 4.31 Å². The SMILES string of the molecule is Cc1ccc(S(=O)(=O)N2CCCCC2)cc1C(=O)OCC(=O)N1CC(C)CC(C)C1. The Morgan fingerprint density at radius 1 is 1.07 bits per heavy atom. The molecule has 0 N–H and O–H groups in total. The van der Waals surface area contributed by atoms with Crippen LogP contribution in [-0.2, 0) is 19.6 Å². The molecule has 0 aliphatic carbocycles. The molecular formula is C22H32N2O5S. The van der Waals surface area contributed by atoms with Gasteiger partial charge < -0.3 is 9.64 Å². The van der Waals surface area contributed by atoms with Crippen molar-refractivity contribution in [1.29, 1.82) is 0 Å². The molecule has 1 aromatic rings. The molecule has 8 heteroatoms. The van der Waals surface area contributed by atoms with Crippen LogP contribution in [0.1, 0.15) is 55.5 Å². The molecule has 166 valence electrons. The van der Waals surface area contributed by atoms with Crippen molar-refractivity contribution in [1.82, 2.24) is 9.21 Å². The van der Waals surface area contributed by atoms with Crippen molar-refractivity contribution >= 4 is 21.9 Å². The molecule has 2 unspecified atom stereocenters. The lowest BCUT2D eigenvalue weighted by atomic mass is 9.92. The fraction of sp³-hybridized carbons (Fsp3) is 0.636. The lowest BCUT2D eigenvalue weighted by molar-refractivity contribution is -0.137. The van der Waals surface area contributed by atoms with E-state index in [1.165, 1.54) is 16.4 Å². The van der Waals surface area contributed by atoms with E-state index in [4.69, 9.17) is 4.74 Å². The molecule has 0 saturated carbocycles. The number of ether oxygens (including phenoxy) is 1. The monoisotopic (exact) mass is 436 g/mol. The van der Waals surface area contributed by atoms with Gasteiger partial charge in [0.25, 0.3) is 5.91 Å². The third-order valence-corrected chi connectivity index (χ3v) is 7.82. The number of benzene rings is 1. The highest BCUT2D eigenvalue weighted by molar-refractivity contribution is 7.89. The molecule has 2 heterocycles. The summed E-state index contributed by atoms with van der Waals surface area (Å²) in [5.41, 5.74) is 0.798. The zero-order chi connectivity index (χ0) is 21.9. The van der Waals surface area contributed by atoms with E-state index in [0.717, 1.165) is 25.7 Å². The molecule has 2 atom stereocenters.